The first-order valence-electron chi connectivity index (χ1n) is 7.91. The standard InChI is InChI=1S/C18H20FN3O/c19-16-8-6-15(7-9-16)17(14-4-1-5-14)22-18(23)21-12-13-3-2-10-20-11-13/h2-3,6-11,14,17H,1,4-5,12H2,(H2,21,22,23)/t17-/m1/s1. The van der Waals surface area contributed by atoms with Crippen LogP contribution in [0.15, 0.2) is 48.8 Å². The van der Waals surface area contributed by atoms with E-state index >= 15 is 0 Å². The van der Waals surface area contributed by atoms with E-state index in [1.165, 1.54) is 18.6 Å². The van der Waals surface area contributed by atoms with Gasteiger partial charge in [0, 0.05) is 18.9 Å². The Bertz CT molecular complexity index is 641. The van der Waals surface area contributed by atoms with Crippen LogP contribution in [0.5, 0.6) is 0 Å². The van der Waals surface area contributed by atoms with E-state index in [1.807, 2.05) is 12.1 Å². The topological polar surface area (TPSA) is 54.0 Å². The molecule has 0 aliphatic heterocycles. The molecular weight excluding hydrogens is 293 g/mol. The molecule has 23 heavy (non-hydrogen) atoms. The predicted octanol–water partition coefficient (Wildman–Crippen LogP) is 3.56. The SMILES string of the molecule is O=C(NCc1cccnc1)N[C@@H](c1ccc(F)cc1)C1CCC1. The number of halogens is 1. The van der Waals surface area contributed by atoms with Gasteiger partial charge in [0.25, 0.3) is 0 Å². The smallest absolute Gasteiger partial charge is 0.315 e. The highest BCUT2D eigenvalue weighted by Crippen LogP contribution is 2.37. The van der Waals surface area contributed by atoms with Crippen molar-refractivity contribution in [3.63, 3.8) is 0 Å². The molecule has 1 aliphatic carbocycles. The van der Waals surface area contributed by atoms with E-state index in [4.69, 9.17) is 0 Å². The maximum Gasteiger partial charge on any atom is 0.315 e. The molecule has 2 amide bonds. The van der Waals surface area contributed by atoms with Crippen LogP contribution in [0.4, 0.5) is 9.18 Å². The number of benzene rings is 1. The number of carbonyl (C=O) groups is 1. The highest BCUT2D eigenvalue weighted by Gasteiger charge is 2.29. The first-order valence-corrected chi connectivity index (χ1v) is 7.91. The fourth-order valence-electron chi connectivity index (χ4n) is 2.79. The molecule has 120 valence electrons. The Kier molecular flexibility index (Phi) is 4.86. The van der Waals surface area contributed by atoms with Gasteiger partial charge in [-0.1, -0.05) is 24.6 Å². The van der Waals surface area contributed by atoms with Crippen molar-refractivity contribution in [2.45, 2.75) is 31.8 Å². The highest BCUT2D eigenvalue weighted by atomic mass is 19.1. The van der Waals surface area contributed by atoms with Gasteiger partial charge < -0.3 is 10.6 Å². The molecule has 1 atom stereocenters. The average molecular weight is 313 g/mol. The van der Waals surface area contributed by atoms with Crippen molar-refractivity contribution < 1.29 is 9.18 Å². The van der Waals surface area contributed by atoms with Crippen LogP contribution < -0.4 is 10.6 Å². The molecule has 2 N–H and O–H groups in total. The summed E-state index contributed by atoms with van der Waals surface area (Å²) in [6.07, 6.45) is 6.78. The van der Waals surface area contributed by atoms with Crippen molar-refractivity contribution in [3.8, 4) is 0 Å². The van der Waals surface area contributed by atoms with E-state index < -0.39 is 0 Å². The summed E-state index contributed by atoms with van der Waals surface area (Å²) < 4.78 is 13.1. The summed E-state index contributed by atoms with van der Waals surface area (Å²) in [5, 5.41) is 5.88. The third-order valence-corrected chi connectivity index (χ3v) is 4.31. The van der Waals surface area contributed by atoms with Gasteiger partial charge in [0.2, 0.25) is 0 Å². The zero-order valence-electron chi connectivity index (χ0n) is 12.8. The lowest BCUT2D eigenvalue weighted by molar-refractivity contribution is 0.207. The summed E-state index contributed by atoms with van der Waals surface area (Å²) in [7, 11) is 0. The maximum absolute atomic E-state index is 13.1. The zero-order valence-corrected chi connectivity index (χ0v) is 12.8. The number of pyridine rings is 1. The second-order valence-electron chi connectivity index (χ2n) is 5.91. The quantitative estimate of drug-likeness (QED) is 0.887. The van der Waals surface area contributed by atoms with Gasteiger partial charge in [-0.15, -0.1) is 0 Å². The predicted molar refractivity (Wildman–Crippen MR) is 86.1 cm³/mol. The monoisotopic (exact) mass is 313 g/mol. The Morgan fingerprint density at radius 3 is 2.65 bits per heavy atom. The lowest BCUT2D eigenvalue weighted by Gasteiger charge is -2.34. The Hall–Kier alpha value is -2.43. The fraction of sp³-hybridized carbons (Fsp3) is 0.333. The van der Waals surface area contributed by atoms with Gasteiger partial charge in [0.05, 0.1) is 6.04 Å². The third-order valence-electron chi connectivity index (χ3n) is 4.31. The van der Waals surface area contributed by atoms with Crippen LogP contribution in [0.2, 0.25) is 0 Å². The van der Waals surface area contributed by atoms with Crippen molar-refractivity contribution in [1.29, 1.82) is 0 Å². The minimum absolute atomic E-state index is 0.0711. The molecule has 5 heteroatoms. The molecule has 1 aromatic heterocycles. The van der Waals surface area contributed by atoms with E-state index in [-0.39, 0.29) is 17.9 Å². The van der Waals surface area contributed by atoms with Crippen LogP contribution in [0.1, 0.15) is 36.4 Å². The summed E-state index contributed by atoms with van der Waals surface area (Å²) in [6.45, 7) is 0.431. The average Bonchev–Trinajstić information content (AvgIpc) is 2.52. The first-order chi connectivity index (χ1) is 11.2. The normalized spacial score (nSPS) is 15.5. The van der Waals surface area contributed by atoms with E-state index in [1.54, 1.807) is 24.5 Å². The van der Waals surface area contributed by atoms with Gasteiger partial charge in [-0.05, 0) is 48.1 Å². The number of nitrogens with zero attached hydrogens (tertiary/aromatic N) is 1. The van der Waals surface area contributed by atoms with Gasteiger partial charge in [0.15, 0.2) is 0 Å². The molecule has 0 bridgehead atoms. The minimum atomic E-state index is -0.262. The lowest BCUT2D eigenvalue weighted by atomic mass is 9.77. The molecule has 0 unspecified atom stereocenters. The van der Waals surface area contributed by atoms with Crippen molar-refractivity contribution in [3.05, 3.63) is 65.7 Å². The van der Waals surface area contributed by atoms with E-state index in [2.05, 4.69) is 15.6 Å². The fourth-order valence-corrected chi connectivity index (χ4v) is 2.79. The van der Waals surface area contributed by atoms with Crippen LogP contribution in [0, 0.1) is 11.7 Å². The summed E-state index contributed by atoms with van der Waals surface area (Å²) in [5.74, 6) is 0.159. The van der Waals surface area contributed by atoms with Crippen molar-refractivity contribution in [2.24, 2.45) is 5.92 Å². The van der Waals surface area contributed by atoms with Gasteiger partial charge in [-0.3, -0.25) is 4.98 Å². The second-order valence-corrected chi connectivity index (χ2v) is 5.91. The largest absolute Gasteiger partial charge is 0.334 e. The lowest BCUT2D eigenvalue weighted by Crippen LogP contribution is -2.41. The van der Waals surface area contributed by atoms with Gasteiger partial charge in [-0.25, -0.2) is 9.18 Å². The molecular formula is C18H20FN3O. The molecule has 4 nitrogen and oxygen atoms in total. The maximum atomic E-state index is 13.1. The molecule has 3 rings (SSSR count). The number of carbonyl (C=O) groups excluding carboxylic acids is 1. The number of urea groups is 1. The van der Waals surface area contributed by atoms with E-state index in [0.717, 1.165) is 24.0 Å². The Balaban J connectivity index is 1.61. The number of nitrogens with one attached hydrogen (secondary N) is 2. The van der Waals surface area contributed by atoms with Crippen LogP contribution in [0.25, 0.3) is 0 Å². The third kappa shape index (κ3) is 4.06. The summed E-state index contributed by atoms with van der Waals surface area (Å²) >= 11 is 0. The molecule has 2 aromatic rings. The van der Waals surface area contributed by atoms with Gasteiger partial charge in [-0.2, -0.15) is 0 Å². The molecule has 1 aromatic carbocycles. The highest BCUT2D eigenvalue weighted by molar-refractivity contribution is 5.74. The summed E-state index contributed by atoms with van der Waals surface area (Å²) in [5.41, 5.74) is 1.90. The van der Waals surface area contributed by atoms with Crippen molar-refractivity contribution in [2.75, 3.05) is 0 Å². The number of rotatable bonds is 5. The number of aromatic nitrogens is 1. The van der Waals surface area contributed by atoms with Crippen molar-refractivity contribution in [1.82, 2.24) is 15.6 Å². The molecule has 1 heterocycles. The molecule has 0 spiro atoms. The van der Waals surface area contributed by atoms with E-state index in [0.29, 0.717) is 12.5 Å². The van der Waals surface area contributed by atoms with Crippen LogP contribution >= 0.6 is 0 Å². The van der Waals surface area contributed by atoms with Gasteiger partial charge >= 0.3 is 6.03 Å². The molecule has 0 saturated heterocycles. The van der Waals surface area contributed by atoms with Crippen LogP contribution in [-0.4, -0.2) is 11.0 Å². The zero-order chi connectivity index (χ0) is 16.1. The van der Waals surface area contributed by atoms with E-state index in [9.17, 15) is 9.18 Å². The van der Waals surface area contributed by atoms with Crippen molar-refractivity contribution >= 4 is 6.03 Å². The second kappa shape index (κ2) is 7.22. The number of amides is 2. The van der Waals surface area contributed by atoms with Gasteiger partial charge in [0.1, 0.15) is 5.82 Å². The summed E-state index contributed by atoms with van der Waals surface area (Å²) in [6, 6.07) is 9.85. The van der Waals surface area contributed by atoms with Crippen LogP contribution in [-0.2, 0) is 6.54 Å². The first kappa shape index (κ1) is 15.5. The molecule has 1 saturated carbocycles. The Labute approximate surface area is 135 Å². The molecule has 0 radical (unpaired) electrons. The van der Waals surface area contributed by atoms with Crippen LogP contribution in [0.3, 0.4) is 0 Å². The Morgan fingerprint density at radius 2 is 2.04 bits per heavy atom. The molecule has 1 fully saturated rings. The minimum Gasteiger partial charge on any atom is -0.334 e. The molecule has 1 aliphatic rings. The Morgan fingerprint density at radius 1 is 1.26 bits per heavy atom. The number of hydrogen-bond acceptors (Lipinski definition) is 2. The summed E-state index contributed by atoms with van der Waals surface area (Å²) in [4.78, 5) is 16.2. The number of hydrogen-bond donors (Lipinski definition) is 2.